The number of carbonyl (C=O) groups is 1. The van der Waals surface area contributed by atoms with Gasteiger partial charge in [-0.1, -0.05) is 18.2 Å². The average molecular weight is 365 g/mol. The summed E-state index contributed by atoms with van der Waals surface area (Å²) in [5, 5.41) is 8.44. The standard InChI is InChI=1S/C20H23N5O2/c1-14-7-8-16(15(21)9-14)22-23-17-5-3-4-6-18(17)27-19(26)25-12-20(13-25)10-24(2)11-20/h3-9H,10-13,21H2,1-2H3/b23-22+. The molecule has 2 saturated heterocycles. The van der Waals surface area contributed by atoms with Gasteiger partial charge in [0, 0.05) is 31.6 Å². The number of hydrogen-bond acceptors (Lipinski definition) is 6. The summed E-state index contributed by atoms with van der Waals surface area (Å²) in [6.45, 7) is 5.55. The first-order valence-corrected chi connectivity index (χ1v) is 8.96. The van der Waals surface area contributed by atoms with Crippen LogP contribution in [0, 0.1) is 12.3 Å². The summed E-state index contributed by atoms with van der Waals surface area (Å²) >= 11 is 0. The molecule has 0 aromatic heterocycles. The molecule has 2 aromatic carbocycles. The van der Waals surface area contributed by atoms with E-state index >= 15 is 0 Å². The Labute approximate surface area is 158 Å². The Hall–Kier alpha value is -2.93. The number of aryl methyl sites for hydroxylation is 1. The third kappa shape index (κ3) is 3.50. The third-order valence-electron chi connectivity index (χ3n) is 5.03. The number of anilines is 1. The SMILES string of the molecule is Cc1ccc(/N=N/c2ccccc2OC(=O)N2CC3(CN(C)C3)C2)c(N)c1. The number of likely N-dealkylation sites (tertiary alicyclic amines) is 2. The fourth-order valence-corrected chi connectivity index (χ4v) is 3.85. The van der Waals surface area contributed by atoms with Gasteiger partial charge in [0.1, 0.15) is 11.4 Å². The summed E-state index contributed by atoms with van der Waals surface area (Å²) in [5.74, 6) is 0.392. The number of hydrogen-bond donors (Lipinski definition) is 1. The number of nitrogens with zero attached hydrogens (tertiary/aromatic N) is 4. The fourth-order valence-electron chi connectivity index (χ4n) is 3.85. The molecule has 2 fully saturated rings. The van der Waals surface area contributed by atoms with Crippen LogP contribution in [0.3, 0.4) is 0 Å². The molecule has 2 N–H and O–H groups in total. The van der Waals surface area contributed by atoms with Gasteiger partial charge in [-0.25, -0.2) is 4.79 Å². The van der Waals surface area contributed by atoms with Crippen LogP contribution in [0.5, 0.6) is 5.75 Å². The van der Waals surface area contributed by atoms with E-state index in [0.717, 1.165) is 31.7 Å². The second-order valence-electron chi connectivity index (χ2n) is 7.63. The van der Waals surface area contributed by atoms with E-state index in [9.17, 15) is 4.79 Å². The molecule has 7 heteroatoms. The van der Waals surface area contributed by atoms with Gasteiger partial charge in [-0.2, -0.15) is 0 Å². The van der Waals surface area contributed by atoms with Gasteiger partial charge in [0.2, 0.25) is 0 Å². The minimum absolute atomic E-state index is 0.274. The minimum atomic E-state index is -0.340. The van der Waals surface area contributed by atoms with Crippen LogP contribution in [0.2, 0.25) is 0 Å². The Morgan fingerprint density at radius 3 is 2.48 bits per heavy atom. The van der Waals surface area contributed by atoms with E-state index in [1.165, 1.54) is 0 Å². The van der Waals surface area contributed by atoms with Crippen molar-refractivity contribution in [3.05, 3.63) is 48.0 Å². The highest BCUT2D eigenvalue weighted by Crippen LogP contribution is 2.39. The molecule has 2 aromatic rings. The van der Waals surface area contributed by atoms with E-state index in [2.05, 4.69) is 22.2 Å². The number of amides is 1. The van der Waals surface area contributed by atoms with E-state index < -0.39 is 0 Å². The van der Waals surface area contributed by atoms with Crippen molar-refractivity contribution in [1.82, 2.24) is 9.80 Å². The van der Waals surface area contributed by atoms with Gasteiger partial charge in [-0.05, 0) is 43.8 Å². The molecule has 140 valence electrons. The predicted molar refractivity (Wildman–Crippen MR) is 104 cm³/mol. The lowest BCUT2D eigenvalue weighted by Gasteiger charge is -2.58. The number of ether oxygens (including phenoxy) is 1. The van der Waals surface area contributed by atoms with Crippen LogP contribution in [-0.4, -0.2) is 49.1 Å². The lowest BCUT2D eigenvalue weighted by atomic mass is 9.73. The molecule has 0 radical (unpaired) electrons. The van der Waals surface area contributed by atoms with Crippen LogP contribution in [0.25, 0.3) is 0 Å². The van der Waals surface area contributed by atoms with Crippen molar-refractivity contribution < 1.29 is 9.53 Å². The molecule has 0 aliphatic carbocycles. The van der Waals surface area contributed by atoms with Crippen molar-refractivity contribution in [1.29, 1.82) is 0 Å². The van der Waals surface area contributed by atoms with Gasteiger partial charge in [0.05, 0.1) is 5.69 Å². The second kappa shape index (κ2) is 6.66. The predicted octanol–water partition coefficient (Wildman–Crippen LogP) is 3.74. The van der Waals surface area contributed by atoms with Gasteiger partial charge >= 0.3 is 6.09 Å². The molecule has 4 rings (SSSR count). The quantitative estimate of drug-likeness (QED) is 0.663. The highest BCUT2D eigenvalue weighted by Gasteiger charge is 2.52. The lowest BCUT2D eigenvalue weighted by molar-refractivity contribution is -0.0891. The summed E-state index contributed by atoms with van der Waals surface area (Å²) in [5.41, 5.74) is 8.94. The highest BCUT2D eigenvalue weighted by atomic mass is 16.6. The molecule has 2 aliphatic heterocycles. The van der Waals surface area contributed by atoms with Gasteiger partial charge in [-0.15, -0.1) is 10.2 Å². The van der Waals surface area contributed by atoms with Crippen molar-refractivity contribution in [3.63, 3.8) is 0 Å². The molecule has 0 unspecified atom stereocenters. The number of carbonyl (C=O) groups excluding carboxylic acids is 1. The molecule has 2 aliphatic rings. The maximum Gasteiger partial charge on any atom is 0.415 e. The Kier molecular flexibility index (Phi) is 4.31. The first-order chi connectivity index (χ1) is 12.9. The number of nitrogen functional groups attached to an aromatic ring is 1. The molecule has 0 bridgehead atoms. The fraction of sp³-hybridized carbons (Fsp3) is 0.350. The van der Waals surface area contributed by atoms with Crippen molar-refractivity contribution >= 4 is 23.2 Å². The number of nitrogens with two attached hydrogens (primary N) is 1. The van der Waals surface area contributed by atoms with Crippen molar-refractivity contribution in [3.8, 4) is 5.75 Å². The average Bonchev–Trinajstić information content (AvgIpc) is 2.57. The summed E-state index contributed by atoms with van der Waals surface area (Å²) in [7, 11) is 2.09. The van der Waals surface area contributed by atoms with Crippen LogP contribution >= 0.6 is 0 Å². The van der Waals surface area contributed by atoms with Crippen LogP contribution < -0.4 is 10.5 Å². The molecule has 27 heavy (non-hydrogen) atoms. The number of para-hydroxylation sites is 1. The molecular weight excluding hydrogens is 342 g/mol. The van der Waals surface area contributed by atoms with Gasteiger partial charge < -0.3 is 20.3 Å². The second-order valence-corrected chi connectivity index (χ2v) is 7.63. The largest absolute Gasteiger partial charge is 0.415 e. The van der Waals surface area contributed by atoms with Crippen LogP contribution in [0.15, 0.2) is 52.7 Å². The van der Waals surface area contributed by atoms with Crippen molar-refractivity contribution in [2.75, 3.05) is 39.0 Å². The first kappa shape index (κ1) is 17.5. The zero-order chi connectivity index (χ0) is 19.0. The van der Waals surface area contributed by atoms with E-state index in [0.29, 0.717) is 22.8 Å². The maximum absolute atomic E-state index is 12.4. The van der Waals surface area contributed by atoms with Crippen LogP contribution in [0.1, 0.15) is 5.56 Å². The molecule has 1 spiro atoms. The molecule has 0 atom stereocenters. The third-order valence-corrected chi connectivity index (χ3v) is 5.03. The van der Waals surface area contributed by atoms with Crippen LogP contribution in [0.4, 0.5) is 21.9 Å². The van der Waals surface area contributed by atoms with E-state index in [1.807, 2.05) is 31.2 Å². The first-order valence-electron chi connectivity index (χ1n) is 8.96. The van der Waals surface area contributed by atoms with Crippen molar-refractivity contribution in [2.24, 2.45) is 15.6 Å². The van der Waals surface area contributed by atoms with E-state index in [-0.39, 0.29) is 11.5 Å². The van der Waals surface area contributed by atoms with Crippen molar-refractivity contribution in [2.45, 2.75) is 6.92 Å². The van der Waals surface area contributed by atoms with Gasteiger partial charge in [0.15, 0.2) is 5.75 Å². The summed E-state index contributed by atoms with van der Waals surface area (Å²) in [4.78, 5) is 16.4. The van der Waals surface area contributed by atoms with E-state index in [4.69, 9.17) is 10.5 Å². The summed E-state index contributed by atoms with van der Waals surface area (Å²) in [6.07, 6.45) is -0.340. The molecule has 1 amide bonds. The van der Waals surface area contributed by atoms with Crippen LogP contribution in [-0.2, 0) is 0 Å². The normalized spacial score (nSPS) is 18.4. The molecule has 0 saturated carbocycles. The Morgan fingerprint density at radius 1 is 1.07 bits per heavy atom. The Balaban J connectivity index is 1.44. The van der Waals surface area contributed by atoms with Gasteiger partial charge in [0.25, 0.3) is 0 Å². The zero-order valence-corrected chi connectivity index (χ0v) is 15.6. The topological polar surface area (TPSA) is 83.5 Å². The monoisotopic (exact) mass is 365 g/mol. The number of rotatable bonds is 3. The zero-order valence-electron chi connectivity index (χ0n) is 15.6. The number of benzene rings is 2. The lowest BCUT2D eigenvalue weighted by Crippen LogP contribution is -2.72. The van der Waals surface area contributed by atoms with Gasteiger partial charge in [-0.3, -0.25) is 0 Å². The minimum Gasteiger partial charge on any atom is -0.408 e. The Bertz CT molecular complexity index is 897. The molecular formula is C20H23N5O2. The molecule has 7 nitrogen and oxygen atoms in total. The molecule has 2 heterocycles. The summed E-state index contributed by atoms with van der Waals surface area (Å²) < 4.78 is 5.56. The smallest absolute Gasteiger partial charge is 0.408 e. The van der Waals surface area contributed by atoms with E-state index in [1.54, 1.807) is 23.1 Å². The Morgan fingerprint density at radius 2 is 1.78 bits per heavy atom. The maximum atomic E-state index is 12.4. The highest BCUT2D eigenvalue weighted by molar-refractivity contribution is 5.74. The summed E-state index contributed by atoms with van der Waals surface area (Å²) in [6, 6.07) is 12.7. The number of azo groups is 1.